The molecule has 1 aliphatic rings. The second-order valence-corrected chi connectivity index (χ2v) is 6.10. The molecular weight excluding hydrogens is 240 g/mol. The van der Waals surface area contributed by atoms with Gasteiger partial charge in [-0.05, 0) is 19.8 Å². The normalized spacial score (nSPS) is 19.6. The summed E-state index contributed by atoms with van der Waals surface area (Å²) in [6, 6.07) is -0.255. The highest BCUT2D eigenvalue weighted by molar-refractivity contribution is 7.87. The Kier molecular flexibility index (Phi) is 3.50. The summed E-state index contributed by atoms with van der Waals surface area (Å²) in [5.74, 6) is 0. The summed E-state index contributed by atoms with van der Waals surface area (Å²) in [4.78, 5) is 0. The maximum absolute atomic E-state index is 12.0. The van der Waals surface area contributed by atoms with Gasteiger partial charge < -0.3 is 0 Å². The minimum Gasteiger partial charge on any atom is -0.275 e. The van der Waals surface area contributed by atoms with E-state index in [2.05, 4.69) is 9.82 Å². The zero-order valence-corrected chi connectivity index (χ0v) is 10.9. The Morgan fingerprint density at radius 3 is 2.59 bits per heavy atom. The Labute approximate surface area is 102 Å². The van der Waals surface area contributed by atoms with Crippen molar-refractivity contribution in [2.24, 2.45) is 7.05 Å². The van der Waals surface area contributed by atoms with E-state index >= 15 is 0 Å². The number of nitrogens with zero attached hydrogens (tertiary/aromatic N) is 3. The van der Waals surface area contributed by atoms with Crippen molar-refractivity contribution in [2.75, 3.05) is 13.1 Å². The second-order valence-electron chi connectivity index (χ2n) is 4.40. The van der Waals surface area contributed by atoms with Crippen LogP contribution in [0.2, 0.25) is 0 Å². The van der Waals surface area contributed by atoms with Crippen molar-refractivity contribution in [1.29, 1.82) is 0 Å². The monoisotopic (exact) mass is 258 g/mol. The zero-order chi connectivity index (χ0) is 12.5. The summed E-state index contributed by atoms with van der Waals surface area (Å²) >= 11 is 0. The van der Waals surface area contributed by atoms with Gasteiger partial charge in [-0.1, -0.05) is 0 Å². The van der Waals surface area contributed by atoms with Crippen molar-refractivity contribution in [3.63, 3.8) is 0 Å². The Morgan fingerprint density at radius 1 is 1.41 bits per heavy atom. The van der Waals surface area contributed by atoms with Crippen LogP contribution in [0.15, 0.2) is 12.4 Å². The Balaban J connectivity index is 2.05. The molecule has 1 aromatic rings. The lowest BCUT2D eigenvalue weighted by Crippen LogP contribution is -2.39. The topological polar surface area (TPSA) is 67.2 Å². The molecule has 1 N–H and O–H groups in total. The molecule has 1 aliphatic heterocycles. The van der Waals surface area contributed by atoms with Crippen LogP contribution >= 0.6 is 0 Å². The fraction of sp³-hybridized carbons (Fsp3) is 0.700. The van der Waals surface area contributed by atoms with Crippen LogP contribution in [0.3, 0.4) is 0 Å². The summed E-state index contributed by atoms with van der Waals surface area (Å²) in [6.07, 6.45) is 5.39. The lowest BCUT2D eigenvalue weighted by molar-refractivity contribution is 0.457. The van der Waals surface area contributed by atoms with Crippen molar-refractivity contribution < 1.29 is 8.42 Å². The summed E-state index contributed by atoms with van der Waals surface area (Å²) in [6.45, 7) is 3.06. The fourth-order valence-corrected chi connectivity index (χ4v) is 3.43. The van der Waals surface area contributed by atoms with Gasteiger partial charge in [-0.15, -0.1) is 0 Å². The Bertz CT molecular complexity index is 476. The van der Waals surface area contributed by atoms with Gasteiger partial charge in [0.2, 0.25) is 0 Å². The average molecular weight is 258 g/mol. The quantitative estimate of drug-likeness (QED) is 0.850. The molecule has 1 fully saturated rings. The molecule has 1 unspecified atom stereocenters. The lowest BCUT2D eigenvalue weighted by atomic mass is 10.2. The van der Waals surface area contributed by atoms with E-state index < -0.39 is 10.2 Å². The Morgan fingerprint density at radius 2 is 2.06 bits per heavy atom. The SMILES string of the molecule is CC(NS(=O)(=O)N1CCCC1)c1cnn(C)c1. The molecule has 6 nitrogen and oxygen atoms in total. The zero-order valence-electron chi connectivity index (χ0n) is 10.1. The molecule has 2 rings (SSSR count). The largest absolute Gasteiger partial charge is 0.279 e. The van der Waals surface area contributed by atoms with E-state index in [1.165, 1.54) is 4.31 Å². The third-order valence-corrected chi connectivity index (χ3v) is 4.65. The highest BCUT2D eigenvalue weighted by Gasteiger charge is 2.27. The van der Waals surface area contributed by atoms with Gasteiger partial charge in [0.25, 0.3) is 10.2 Å². The van der Waals surface area contributed by atoms with Gasteiger partial charge in [0.1, 0.15) is 0 Å². The van der Waals surface area contributed by atoms with E-state index in [0.717, 1.165) is 18.4 Å². The summed E-state index contributed by atoms with van der Waals surface area (Å²) in [7, 11) is -1.54. The maximum atomic E-state index is 12.0. The molecule has 1 aromatic heterocycles. The van der Waals surface area contributed by atoms with Crippen LogP contribution in [0.25, 0.3) is 0 Å². The lowest BCUT2D eigenvalue weighted by Gasteiger charge is -2.19. The van der Waals surface area contributed by atoms with Gasteiger partial charge in [0, 0.05) is 37.9 Å². The second kappa shape index (κ2) is 4.75. The molecule has 96 valence electrons. The van der Waals surface area contributed by atoms with Crippen LogP contribution in [-0.2, 0) is 17.3 Å². The standard InChI is InChI=1S/C10H18N4O2S/c1-9(10-7-11-13(2)8-10)12-17(15,16)14-5-3-4-6-14/h7-9,12H,3-6H2,1-2H3. The van der Waals surface area contributed by atoms with Crippen molar-refractivity contribution in [2.45, 2.75) is 25.8 Å². The summed E-state index contributed by atoms with van der Waals surface area (Å²) in [5, 5.41) is 4.03. The molecule has 1 saturated heterocycles. The average Bonchev–Trinajstić information content (AvgIpc) is 2.86. The van der Waals surface area contributed by atoms with Crippen molar-refractivity contribution >= 4 is 10.2 Å². The smallest absolute Gasteiger partial charge is 0.275 e. The molecule has 1 atom stereocenters. The third-order valence-electron chi connectivity index (χ3n) is 2.96. The fourth-order valence-electron chi connectivity index (χ4n) is 1.96. The van der Waals surface area contributed by atoms with E-state index in [0.29, 0.717) is 13.1 Å². The first-order valence-electron chi connectivity index (χ1n) is 5.75. The van der Waals surface area contributed by atoms with Crippen LogP contribution in [0, 0.1) is 0 Å². The van der Waals surface area contributed by atoms with Crippen LogP contribution in [0.5, 0.6) is 0 Å². The molecule has 2 heterocycles. The first kappa shape index (κ1) is 12.5. The van der Waals surface area contributed by atoms with Crippen molar-refractivity contribution in [1.82, 2.24) is 18.8 Å². The van der Waals surface area contributed by atoms with Crippen molar-refractivity contribution in [3.05, 3.63) is 18.0 Å². The first-order chi connectivity index (χ1) is 7.99. The van der Waals surface area contributed by atoms with E-state index in [1.54, 1.807) is 10.9 Å². The highest BCUT2D eigenvalue weighted by atomic mass is 32.2. The molecular formula is C10H18N4O2S. The van der Waals surface area contributed by atoms with Crippen LogP contribution < -0.4 is 4.72 Å². The summed E-state index contributed by atoms with van der Waals surface area (Å²) < 4.78 is 29.9. The molecule has 0 radical (unpaired) electrons. The number of hydrogen-bond donors (Lipinski definition) is 1. The molecule has 0 aliphatic carbocycles. The maximum Gasteiger partial charge on any atom is 0.279 e. The van der Waals surface area contributed by atoms with Crippen LogP contribution in [0.4, 0.5) is 0 Å². The number of rotatable bonds is 4. The van der Waals surface area contributed by atoms with Gasteiger partial charge >= 0.3 is 0 Å². The number of hydrogen-bond acceptors (Lipinski definition) is 3. The van der Waals surface area contributed by atoms with Gasteiger partial charge in [0.05, 0.1) is 6.20 Å². The van der Waals surface area contributed by atoms with Gasteiger partial charge in [-0.2, -0.15) is 22.5 Å². The number of aromatic nitrogens is 2. The minimum atomic E-state index is -3.35. The number of nitrogens with one attached hydrogen (secondary N) is 1. The molecule has 17 heavy (non-hydrogen) atoms. The third kappa shape index (κ3) is 2.85. The van der Waals surface area contributed by atoms with Gasteiger partial charge in [0.15, 0.2) is 0 Å². The van der Waals surface area contributed by atoms with E-state index in [-0.39, 0.29) is 6.04 Å². The van der Waals surface area contributed by atoms with Crippen LogP contribution in [0.1, 0.15) is 31.4 Å². The van der Waals surface area contributed by atoms with E-state index in [9.17, 15) is 8.42 Å². The molecule has 7 heteroatoms. The number of aryl methyl sites for hydroxylation is 1. The highest BCUT2D eigenvalue weighted by Crippen LogP contribution is 2.16. The van der Waals surface area contributed by atoms with Gasteiger partial charge in [-0.3, -0.25) is 4.68 Å². The first-order valence-corrected chi connectivity index (χ1v) is 7.19. The molecule has 0 amide bonds. The summed E-state index contributed by atoms with van der Waals surface area (Å²) in [5.41, 5.74) is 0.871. The predicted molar refractivity (Wildman–Crippen MR) is 64.5 cm³/mol. The molecule has 0 aromatic carbocycles. The van der Waals surface area contributed by atoms with E-state index in [1.807, 2.05) is 20.2 Å². The molecule has 0 saturated carbocycles. The van der Waals surface area contributed by atoms with Crippen molar-refractivity contribution in [3.8, 4) is 0 Å². The Hall–Kier alpha value is -0.920. The van der Waals surface area contributed by atoms with Gasteiger partial charge in [-0.25, -0.2) is 0 Å². The van der Waals surface area contributed by atoms with Crippen LogP contribution in [-0.4, -0.2) is 35.6 Å². The predicted octanol–water partition coefficient (Wildman–Crippen LogP) is 0.411. The van der Waals surface area contributed by atoms with E-state index in [4.69, 9.17) is 0 Å². The minimum absolute atomic E-state index is 0.255. The molecule has 0 spiro atoms. The molecule has 0 bridgehead atoms.